The van der Waals surface area contributed by atoms with E-state index < -0.39 is 5.97 Å². The molecule has 0 spiro atoms. The van der Waals surface area contributed by atoms with Crippen LogP contribution in [0.5, 0.6) is 5.88 Å². The summed E-state index contributed by atoms with van der Waals surface area (Å²) in [5.41, 5.74) is 1.39. The maximum atomic E-state index is 12.0. The van der Waals surface area contributed by atoms with E-state index in [0.29, 0.717) is 11.5 Å². The van der Waals surface area contributed by atoms with Crippen molar-refractivity contribution in [3.63, 3.8) is 0 Å². The quantitative estimate of drug-likeness (QED) is 0.668. The molecule has 6 nitrogen and oxygen atoms in total. The molecule has 1 aromatic heterocycles. The fourth-order valence-corrected chi connectivity index (χ4v) is 3.16. The zero-order valence-electron chi connectivity index (χ0n) is 10.4. The van der Waals surface area contributed by atoms with E-state index >= 15 is 0 Å². The molecule has 3 rings (SSSR count). The first-order chi connectivity index (χ1) is 9.61. The number of carbonyl (C=O) groups excluding carboxylic acids is 1. The molecule has 20 heavy (non-hydrogen) atoms. The SMILES string of the molecule is COc1ccc(/C=C2\C(=O)N3C(C(=O)O)=CSC23)cn1. The predicted molar refractivity (Wildman–Crippen MR) is 72.7 cm³/mol. The molecule has 1 unspecified atom stereocenters. The van der Waals surface area contributed by atoms with Gasteiger partial charge in [0.05, 0.1) is 12.7 Å². The molecule has 0 radical (unpaired) electrons. The van der Waals surface area contributed by atoms with Crippen LogP contribution in [0.25, 0.3) is 6.08 Å². The Bertz CT molecular complexity index is 651. The Labute approximate surface area is 118 Å². The summed E-state index contributed by atoms with van der Waals surface area (Å²) in [6.07, 6.45) is 3.33. The monoisotopic (exact) mass is 290 g/mol. The number of ether oxygens (including phenoxy) is 1. The van der Waals surface area contributed by atoms with Crippen LogP contribution in [0.15, 0.2) is 35.0 Å². The van der Waals surface area contributed by atoms with E-state index in [1.807, 2.05) is 0 Å². The molecule has 1 fully saturated rings. The van der Waals surface area contributed by atoms with Crippen LogP contribution in [0, 0.1) is 0 Å². The zero-order chi connectivity index (χ0) is 14.3. The van der Waals surface area contributed by atoms with Crippen LogP contribution in [0.3, 0.4) is 0 Å². The number of rotatable bonds is 3. The van der Waals surface area contributed by atoms with Crippen molar-refractivity contribution in [2.24, 2.45) is 0 Å². The molecule has 1 N–H and O–H groups in total. The zero-order valence-corrected chi connectivity index (χ0v) is 11.3. The van der Waals surface area contributed by atoms with Gasteiger partial charge in [0.25, 0.3) is 5.91 Å². The van der Waals surface area contributed by atoms with Gasteiger partial charge >= 0.3 is 5.97 Å². The molecule has 0 bridgehead atoms. The average molecular weight is 290 g/mol. The summed E-state index contributed by atoms with van der Waals surface area (Å²) in [6.45, 7) is 0. The number of amides is 1. The van der Waals surface area contributed by atoms with Crippen LogP contribution in [-0.4, -0.2) is 39.4 Å². The Morgan fingerprint density at radius 2 is 2.35 bits per heavy atom. The number of aromatic nitrogens is 1. The maximum absolute atomic E-state index is 12.0. The van der Waals surface area contributed by atoms with Gasteiger partial charge in [-0.2, -0.15) is 0 Å². The molecule has 7 heteroatoms. The van der Waals surface area contributed by atoms with E-state index in [4.69, 9.17) is 9.84 Å². The highest BCUT2D eigenvalue weighted by atomic mass is 32.2. The standard InChI is InChI=1S/C13H10N2O4S/c1-19-10-3-2-7(5-14-10)4-8-11(16)15-9(13(17)18)6-20-12(8)15/h2-6,12H,1H3,(H,17,18)/b8-4+. The van der Waals surface area contributed by atoms with Gasteiger partial charge in [-0.3, -0.25) is 9.69 Å². The number of pyridine rings is 1. The van der Waals surface area contributed by atoms with E-state index in [1.54, 1.807) is 24.4 Å². The Morgan fingerprint density at radius 3 is 2.95 bits per heavy atom. The second-order valence-electron chi connectivity index (χ2n) is 4.21. The first kappa shape index (κ1) is 12.7. The fourth-order valence-electron chi connectivity index (χ4n) is 2.04. The number of hydrogen-bond donors (Lipinski definition) is 1. The summed E-state index contributed by atoms with van der Waals surface area (Å²) in [5, 5.41) is 10.2. The van der Waals surface area contributed by atoms with Crippen molar-refractivity contribution in [2.45, 2.75) is 5.37 Å². The van der Waals surface area contributed by atoms with Gasteiger partial charge in [0.2, 0.25) is 5.88 Å². The normalized spacial score (nSPS) is 22.4. The van der Waals surface area contributed by atoms with E-state index in [9.17, 15) is 9.59 Å². The highest BCUT2D eigenvalue weighted by Crippen LogP contribution is 2.45. The number of β-lactam (4-membered cyclic amide) rings is 1. The fraction of sp³-hybridized carbons (Fsp3) is 0.154. The number of fused-ring (bicyclic) bond motifs is 1. The van der Waals surface area contributed by atoms with E-state index in [2.05, 4.69) is 4.98 Å². The van der Waals surface area contributed by atoms with Crippen molar-refractivity contribution in [2.75, 3.05) is 7.11 Å². The third-order valence-electron chi connectivity index (χ3n) is 3.04. The van der Waals surface area contributed by atoms with Gasteiger partial charge in [-0.05, 0) is 17.7 Å². The number of carboxylic acid groups (broad SMARTS) is 1. The van der Waals surface area contributed by atoms with Crippen LogP contribution >= 0.6 is 11.8 Å². The van der Waals surface area contributed by atoms with Crippen molar-refractivity contribution in [3.8, 4) is 5.88 Å². The Balaban J connectivity index is 1.82. The van der Waals surface area contributed by atoms with Crippen molar-refractivity contribution in [1.29, 1.82) is 0 Å². The van der Waals surface area contributed by atoms with Gasteiger partial charge in [0.1, 0.15) is 11.1 Å². The van der Waals surface area contributed by atoms with Crippen molar-refractivity contribution < 1.29 is 19.4 Å². The second kappa shape index (κ2) is 4.68. The molecule has 0 aromatic carbocycles. The summed E-state index contributed by atoms with van der Waals surface area (Å²) < 4.78 is 4.96. The number of thioether (sulfide) groups is 1. The van der Waals surface area contributed by atoms with Crippen molar-refractivity contribution >= 4 is 29.7 Å². The lowest BCUT2D eigenvalue weighted by Gasteiger charge is -2.37. The molecular weight excluding hydrogens is 280 g/mol. The molecule has 0 aliphatic carbocycles. The highest BCUT2D eigenvalue weighted by Gasteiger charge is 2.49. The number of methoxy groups -OCH3 is 1. The van der Waals surface area contributed by atoms with Crippen molar-refractivity contribution in [1.82, 2.24) is 9.88 Å². The minimum atomic E-state index is -1.08. The number of carbonyl (C=O) groups is 2. The van der Waals surface area contributed by atoms with Crippen LogP contribution in [0.4, 0.5) is 0 Å². The van der Waals surface area contributed by atoms with E-state index in [-0.39, 0.29) is 17.0 Å². The third kappa shape index (κ3) is 1.87. The molecule has 102 valence electrons. The summed E-state index contributed by atoms with van der Waals surface area (Å²) in [4.78, 5) is 28.3. The highest BCUT2D eigenvalue weighted by molar-refractivity contribution is 8.03. The summed E-state index contributed by atoms with van der Waals surface area (Å²) in [5.74, 6) is -0.859. The summed E-state index contributed by atoms with van der Waals surface area (Å²) >= 11 is 1.32. The Hall–Kier alpha value is -2.28. The first-order valence-corrected chi connectivity index (χ1v) is 6.70. The van der Waals surface area contributed by atoms with Crippen molar-refractivity contribution in [3.05, 3.63) is 40.6 Å². The van der Waals surface area contributed by atoms with Gasteiger partial charge in [0, 0.05) is 17.7 Å². The lowest BCUT2D eigenvalue weighted by molar-refractivity contribution is -0.141. The Morgan fingerprint density at radius 1 is 1.55 bits per heavy atom. The summed E-state index contributed by atoms with van der Waals surface area (Å²) in [7, 11) is 1.53. The average Bonchev–Trinajstić information content (AvgIpc) is 2.86. The van der Waals surface area contributed by atoms with Gasteiger partial charge in [-0.25, -0.2) is 9.78 Å². The molecule has 1 aromatic rings. The van der Waals surface area contributed by atoms with Gasteiger partial charge in [-0.15, -0.1) is 11.8 Å². The molecule has 1 atom stereocenters. The molecule has 3 heterocycles. The lowest BCUT2D eigenvalue weighted by Crippen LogP contribution is -2.51. The van der Waals surface area contributed by atoms with E-state index in [1.165, 1.54) is 29.2 Å². The molecular formula is C13H10N2O4S. The number of hydrogen-bond acceptors (Lipinski definition) is 5. The van der Waals surface area contributed by atoms with Gasteiger partial charge < -0.3 is 9.84 Å². The van der Waals surface area contributed by atoms with Crippen LogP contribution in [-0.2, 0) is 9.59 Å². The van der Waals surface area contributed by atoms with Crippen LogP contribution < -0.4 is 4.74 Å². The molecule has 2 aliphatic rings. The molecule has 1 amide bonds. The largest absolute Gasteiger partial charge is 0.481 e. The third-order valence-corrected chi connectivity index (χ3v) is 4.13. The second-order valence-corrected chi connectivity index (χ2v) is 5.16. The predicted octanol–water partition coefficient (Wildman–Crippen LogP) is 1.31. The smallest absolute Gasteiger partial charge is 0.353 e. The Kier molecular flexibility index (Phi) is 2.98. The minimum absolute atomic E-state index is 0.0370. The molecule has 2 aliphatic heterocycles. The van der Waals surface area contributed by atoms with Gasteiger partial charge in [0.15, 0.2) is 0 Å². The minimum Gasteiger partial charge on any atom is -0.481 e. The summed E-state index contributed by atoms with van der Waals surface area (Å²) in [6, 6.07) is 3.50. The topological polar surface area (TPSA) is 79.7 Å². The molecule has 1 saturated heterocycles. The first-order valence-electron chi connectivity index (χ1n) is 5.76. The lowest BCUT2D eigenvalue weighted by atomic mass is 10.0. The maximum Gasteiger partial charge on any atom is 0.353 e. The van der Waals surface area contributed by atoms with Gasteiger partial charge in [-0.1, -0.05) is 0 Å². The van der Waals surface area contributed by atoms with E-state index in [0.717, 1.165) is 5.56 Å². The number of carboxylic acids is 1. The number of aliphatic carboxylic acids is 1. The molecule has 0 saturated carbocycles. The van der Waals surface area contributed by atoms with Crippen LogP contribution in [0.2, 0.25) is 0 Å². The van der Waals surface area contributed by atoms with Crippen LogP contribution in [0.1, 0.15) is 5.56 Å². The number of nitrogens with zero attached hydrogens (tertiary/aromatic N) is 2.